The Morgan fingerprint density at radius 2 is 1.29 bits per heavy atom. The van der Waals surface area contributed by atoms with Gasteiger partial charge in [0.25, 0.3) is 0 Å². The van der Waals surface area contributed by atoms with E-state index in [-0.39, 0.29) is 22.5 Å². The number of phenols is 1. The molecule has 0 spiro atoms. The first-order valence-electron chi connectivity index (χ1n) is 16.5. The fourth-order valence-electron chi connectivity index (χ4n) is 6.25. The van der Waals surface area contributed by atoms with E-state index in [1.165, 1.54) is 33.1 Å². The molecule has 0 radical (unpaired) electrons. The van der Waals surface area contributed by atoms with Crippen molar-refractivity contribution < 1.29 is 83.5 Å². The highest BCUT2D eigenvalue weighted by atomic mass is 16.8. The van der Waals surface area contributed by atoms with Crippen LogP contribution in [0.15, 0.2) is 51.7 Å². The topological polar surface area (TPSA) is 277 Å². The van der Waals surface area contributed by atoms with Crippen molar-refractivity contribution >= 4 is 11.0 Å². The molecule has 0 saturated carbocycles. The van der Waals surface area contributed by atoms with E-state index in [2.05, 4.69) is 0 Å². The van der Waals surface area contributed by atoms with Crippen LogP contribution >= 0.6 is 0 Å². The van der Waals surface area contributed by atoms with Gasteiger partial charge in [0.05, 0.1) is 25.9 Å². The van der Waals surface area contributed by atoms with E-state index in [0.29, 0.717) is 11.3 Å². The quantitative estimate of drug-likeness (QED) is 0.115. The summed E-state index contributed by atoms with van der Waals surface area (Å²) in [6, 6.07) is 10.2. The minimum atomic E-state index is -1.88. The highest BCUT2D eigenvalue weighted by Gasteiger charge is 2.52. The molecule has 0 amide bonds. The number of methoxy groups -OCH3 is 1. The number of hydrogen-bond acceptors (Lipinski definition) is 18. The number of fused-ring (bicyclic) bond motifs is 1. The minimum Gasteiger partial charge on any atom is -0.507 e. The fourth-order valence-corrected chi connectivity index (χ4v) is 6.25. The molecule has 2 aromatic carbocycles. The third kappa shape index (κ3) is 7.48. The van der Waals surface area contributed by atoms with E-state index in [1.54, 1.807) is 24.3 Å². The number of aromatic hydroxyl groups is 1. The Morgan fingerprint density at radius 1 is 0.673 bits per heavy atom. The highest BCUT2D eigenvalue weighted by Crippen LogP contribution is 2.35. The van der Waals surface area contributed by atoms with Gasteiger partial charge in [-0.1, -0.05) is 0 Å². The Kier molecular flexibility index (Phi) is 11.4. The van der Waals surface area contributed by atoms with Gasteiger partial charge in [-0.2, -0.15) is 0 Å². The van der Waals surface area contributed by atoms with E-state index in [4.69, 9.17) is 37.6 Å². The molecule has 0 bridgehead atoms. The van der Waals surface area contributed by atoms with Crippen LogP contribution in [0.4, 0.5) is 0 Å². The van der Waals surface area contributed by atoms with Crippen LogP contribution in [0, 0.1) is 0 Å². The van der Waals surface area contributed by atoms with Gasteiger partial charge in [0, 0.05) is 23.8 Å². The van der Waals surface area contributed by atoms with Crippen molar-refractivity contribution in [1.82, 2.24) is 0 Å². The average molecular weight is 739 g/mol. The third-order valence-corrected chi connectivity index (χ3v) is 9.39. The Morgan fingerprint density at radius 3 is 1.92 bits per heavy atom. The minimum absolute atomic E-state index is 0.0997. The Hall–Kier alpha value is -3.47. The van der Waals surface area contributed by atoms with Crippen LogP contribution in [-0.2, 0) is 23.7 Å². The Bertz CT molecular complexity index is 1730. The lowest BCUT2D eigenvalue weighted by molar-refractivity contribution is -0.360. The van der Waals surface area contributed by atoms with E-state index >= 15 is 0 Å². The molecule has 15 atom stereocenters. The molecule has 286 valence electrons. The number of phenolic OH excluding ortho intramolecular Hbond substituents is 1. The molecular weight excluding hydrogens is 696 g/mol. The summed E-state index contributed by atoms with van der Waals surface area (Å²) in [5.41, 5.74) is -0.151. The van der Waals surface area contributed by atoms with E-state index in [0.717, 1.165) is 6.07 Å². The lowest BCUT2D eigenvalue weighted by Gasteiger charge is -2.46. The molecule has 3 fully saturated rings. The molecule has 3 aliphatic rings. The Labute approximate surface area is 295 Å². The van der Waals surface area contributed by atoms with E-state index < -0.39 is 110 Å². The summed E-state index contributed by atoms with van der Waals surface area (Å²) in [5.74, 6) is 0.0134. The number of rotatable bonds is 9. The Balaban J connectivity index is 1.30. The molecule has 0 unspecified atom stereocenters. The largest absolute Gasteiger partial charge is 0.507 e. The molecule has 18 nitrogen and oxygen atoms in total. The average Bonchev–Trinajstić information content (AvgIpc) is 3.12. The first-order chi connectivity index (χ1) is 24.7. The van der Waals surface area contributed by atoms with E-state index in [1.807, 2.05) is 0 Å². The highest BCUT2D eigenvalue weighted by molar-refractivity contribution is 5.86. The number of benzene rings is 2. The maximum Gasteiger partial charge on any atom is 0.229 e. The molecule has 3 aliphatic heterocycles. The summed E-state index contributed by atoms with van der Waals surface area (Å²) in [5, 5.41) is 94.8. The first-order valence-corrected chi connectivity index (χ1v) is 16.5. The van der Waals surface area contributed by atoms with Gasteiger partial charge >= 0.3 is 0 Å². The molecule has 18 heteroatoms. The lowest BCUT2D eigenvalue weighted by atomic mass is 9.97. The van der Waals surface area contributed by atoms with Gasteiger partial charge in [0.2, 0.25) is 6.29 Å². The zero-order chi connectivity index (χ0) is 37.6. The van der Waals surface area contributed by atoms with Crippen molar-refractivity contribution in [3.8, 4) is 28.6 Å². The van der Waals surface area contributed by atoms with Crippen molar-refractivity contribution in [3.05, 3.63) is 52.7 Å². The van der Waals surface area contributed by atoms with Gasteiger partial charge in [-0.15, -0.1) is 0 Å². The molecule has 3 aromatic rings. The van der Waals surface area contributed by atoms with Gasteiger partial charge in [-0.3, -0.25) is 4.79 Å². The summed E-state index contributed by atoms with van der Waals surface area (Å²) < 4.78 is 45.5. The fraction of sp³-hybridized carbons (Fsp3) is 0.559. The maximum atomic E-state index is 13.1. The monoisotopic (exact) mass is 738 g/mol. The van der Waals surface area contributed by atoms with Crippen LogP contribution in [0.1, 0.15) is 13.8 Å². The maximum absolute atomic E-state index is 13.1. The molecule has 4 heterocycles. The van der Waals surface area contributed by atoms with Crippen LogP contribution in [0.2, 0.25) is 0 Å². The molecular formula is C34H42O18. The summed E-state index contributed by atoms with van der Waals surface area (Å²) in [6.45, 7) is 2.28. The van der Waals surface area contributed by atoms with Gasteiger partial charge in [-0.25, -0.2) is 0 Å². The summed E-state index contributed by atoms with van der Waals surface area (Å²) >= 11 is 0. The number of ether oxygens (including phenoxy) is 7. The van der Waals surface area contributed by atoms with E-state index in [9.17, 15) is 50.8 Å². The standard InChI is InChI=1S/C34H42O18/c1-12-23(37)26(40)29(43)32(47-12)46-11-21-25(39)28(42)31(52-33-30(44)27(41)24(38)13(2)48-33)34(51-21)49-16-8-17(35)22-18(36)10-19(50-20(22)9-16)14-4-6-15(45-3)7-5-14/h4-10,12-13,21,23-35,37-44H,11H2,1-3H3/t12-,13+,21+,23-,24+,25+,26-,27-,28-,29+,30+,31+,32+,33-,34+/m1/s1. The zero-order valence-corrected chi connectivity index (χ0v) is 28.1. The predicted octanol–water partition coefficient (Wildman–Crippen LogP) is -1.94. The van der Waals surface area contributed by atoms with Crippen molar-refractivity contribution in [2.75, 3.05) is 13.7 Å². The van der Waals surface area contributed by atoms with Crippen molar-refractivity contribution in [3.63, 3.8) is 0 Å². The van der Waals surface area contributed by atoms with Crippen LogP contribution in [0.25, 0.3) is 22.3 Å². The van der Waals surface area contributed by atoms with Crippen molar-refractivity contribution in [1.29, 1.82) is 0 Å². The van der Waals surface area contributed by atoms with Crippen LogP contribution < -0.4 is 14.9 Å². The van der Waals surface area contributed by atoms with Gasteiger partial charge in [0.1, 0.15) is 88.9 Å². The lowest BCUT2D eigenvalue weighted by Crippen LogP contribution is -2.65. The summed E-state index contributed by atoms with van der Waals surface area (Å²) in [6.07, 6.45) is -23.3. The smallest absolute Gasteiger partial charge is 0.229 e. The van der Waals surface area contributed by atoms with Gasteiger partial charge < -0.3 is 83.5 Å². The number of aliphatic hydroxyl groups excluding tert-OH is 8. The van der Waals surface area contributed by atoms with Gasteiger partial charge in [-0.05, 0) is 38.1 Å². The zero-order valence-electron chi connectivity index (χ0n) is 28.1. The number of aliphatic hydroxyl groups is 8. The molecule has 1 aromatic heterocycles. The number of hydrogen-bond donors (Lipinski definition) is 9. The van der Waals surface area contributed by atoms with Crippen LogP contribution in [0.5, 0.6) is 17.2 Å². The third-order valence-electron chi connectivity index (χ3n) is 9.39. The predicted molar refractivity (Wildman–Crippen MR) is 173 cm³/mol. The molecule has 3 saturated heterocycles. The molecule has 0 aliphatic carbocycles. The van der Waals surface area contributed by atoms with Crippen molar-refractivity contribution in [2.24, 2.45) is 0 Å². The summed E-state index contributed by atoms with van der Waals surface area (Å²) in [4.78, 5) is 13.1. The van der Waals surface area contributed by atoms with Gasteiger partial charge in [0.15, 0.2) is 24.1 Å². The molecule has 52 heavy (non-hydrogen) atoms. The normalized spacial score (nSPS) is 38.2. The molecule has 9 N–H and O–H groups in total. The second-order valence-corrected chi connectivity index (χ2v) is 13.0. The molecule has 6 rings (SSSR count). The SMILES string of the molecule is COc1ccc(-c2cc(=O)c3c(O)cc(O[C@H]4O[C@@H](CO[C@H]5O[C@H](C)[C@@H](O)[C@@H](O)[C@@H]5O)[C@H](O)[C@@H](O)[C@@H]4O[C@H]4O[C@@H](C)[C@H](O)[C@@H](O)[C@@H]4O)cc3o2)cc1. The van der Waals surface area contributed by atoms with Crippen LogP contribution in [0.3, 0.4) is 0 Å². The van der Waals surface area contributed by atoms with Crippen molar-refractivity contribution in [2.45, 2.75) is 106 Å². The second kappa shape index (κ2) is 15.5. The first kappa shape index (κ1) is 38.3. The van der Waals surface area contributed by atoms with Crippen LogP contribution in [-0.4, -0.2) is 152 Å². The second-order valence-electron chi connectivity index (χ2n) is 13.0. The summed E-state index contributed by atoms with van der Waals surface area (Å²) in [7, 11) is 1.50.